The molecule has 106 valence electrons. The van der Waals surface area contributed by atoms with Gasteiger partial charge in [0.25, 0.3) is 0 Å². The second-order valence-corrected chi connectivity index (χ2v) is 8.81. The van der Waals surface area contributed by atoms with Crippen molar-refractivity contribution in [2.75, 3.05) is 12.4 Å². The summed E-state index contributed by atoms with van der Waals surface area (Å²) in [5.74, 6) is 0.894. The maximum absolute atomic E-state index is 5.45. The fourth-order valence-corrected chi connectivity index (χ4v) is 5.13. The zero-order chi connectivity index (χ0) is 14.1. The highest BCUT2D eigenvalue weighted by Crippen LogP contribution is 2.40. The first-order valence-corrected chi connectivity index (χ1v) is 9.24. The van der Waals surface area contributed by atoms with Crippen LogP contribution in [0.1, 0.15) is 29.3 Å². The number of fused-ring (bicyclic) bond motifs is 1. The molecule has 2 nitrogen and oxygen atoms in total. The highest BCUT2D eigenvalue weighted by molar-refractivity contribution is 14.1. The van der Waals surface area contributed by atoms with Crippen LogP contribution >= 0.6 is 49.9 Å². The van der Waals surface area contributed by atoms with Gasteiger partial charge < -0.3 is 10.1 Å². The summed E-state index contributed by atoms with van der Waals surface area (Å²) < 4.78 is 7.90. The first-order valence-electron chi connectivity index (χ1n) is 6.55. The second-order valence-electron chi connectivity index (χ2n) is 4.86. The Bertz CT molecular complexity index is 628. The summed E-state index contributed by atoms with van der Waals surface area (Å²) in [4.78, 5) is 1.53. The van der Waals surface area contributed by atoms with E-state index in [0.29, 0.717) is 6.04 Å². The Morgan fingerprint density at radius 3 is 3.05 bits per heavy atom. The van der Waals surface area contributed by atoms with Crippen molar-refractivity contribution in [3.63, 3.8) is 0 Å². The Kier molecular flexibility index (Phi) is 4.57. The molecule has 0 radical (unpaired) electrons. The van der Waals surface area contributed by atoms with Crippen molar-refractivity contribution in [3.8, 4) is 5.75 Å². The lowest BCUT2D eigenvalue weighted by molar-refractivity contribution is 0.415. The molecule has 0 saturated heterocycles. The molecule has 20 heavy (non-hydrogen) atoms. The minimum Gasteiger partial charge on any atom is -0.495 e. The molecule has 0 aliphatic heterocycles. The third-order valence-corrected chi connectivity index (χ3v) is 6.04. The summed E-state index contributed by atoms with van der Waals surface area (Å²) in [7, 11) is 1.72. The van der Waals surface area contributed by atoms with Crippen molar-refractivity contribution in [1.82, 2.24) is 0 Å². The maximum Gasteiger partial charge on any atom is 0.142 e. The molecule has 0 fully saturated rings. The lowest BCUT2D eigenvalue weighted by Crippen LogP contribution is -2.16. The number of hydrogen-bond donors (Lipinski definition) is 1. The smallest absolute Gasteiger partial charge is 0.142 e. The van der Waals surface area contributed by atoms with Gasteiger partial charge in [0, 0.05) is 9.35 Å². The van der Waals surface area contributed by atoms with E-state index in [1.807, 2.05) is 23.5 Å². The van der Waals surface area contributed by atoms with Crippen molar-refractivity contribution in [2.24, 2.45) is 0 Å². The minimum atomic E-state index is 0.390. The van der Waals surface area contributed by atoms with Gasteiger partial charge >= 0.3 is 0 Å². The van der Waals surface area contributed by atoms with E-state index in [0.717, 1.165) is 15.9 Å². The Morgan fingerprint density at radius 1 is 1.40 bits per heavy atom. The van der Waals surface area contributed by atoms with Crippen LogP contribution in [-0.4, -0.2) is 7.11 Å². The van der Waals surface area contributed by atoms with Gasteiger partial charge in [-0.3, -0.25) is 0 Å². The van der Waals surface area contributed by atoms with Crippen molar-refractivity contribution >= 4 is 55.5 Å². The van der Waals surface area contributed by atoms with E-state index in [1.54, 1.807) is 7.11 Å². The van der Waals surface area contributed by atoms with Crippen LogP contribution in [0, 0.1) is 2.88 Å². The molecule has 5 heteroatoms. The molecule has 0 saturated carbocycles. The molecule has 3 rings (SSSR count). The second kappa shape index (κ2) is 6.23. The van der Waals surface area contributed by atoms with E-state index in [2.05, 4.69) is 56.0 Å². The molecule has 1 aromatic heterocycles. The van der Waals surface area contributed by atoms with Gasteiger partial charge in [0.1, 0.15) is 5.75 Å². The number of thiophene rings is 1. The molecular formula is C15H15BrINOS. The van der Waals surface area contributed by atoms with E-state index in [1.165, 1.54) is 32.6 Å². The number of nitrogens with one attached hydrogen (secondary N) is 1. The third kappa shape index (κ3) is 2.99. The van der Waals surface area contributed by atoms with Gasteiger partial charge in [0.15, 0.2) is 0 Å². The molecule has 1 aliphatic rings. The fraction of sp³-hybridized carbons (Fsp3) is 0.333. The van der Waals surface area contributed by atoms with Crippen LogP contribution in [0.25, 0.3) is 0 Å². The molecule has 0 bridgehead atoms. The number of aryl methyl sites for hydroxylation is 1. The number of benzene rings is 1. The predicted molar refractivity (Wildman–Crippen MR) is 97.0 cm³/mol. The molecule has 1 heterocycles. The van der Waals surface area contributed by atoms with Crippen molar-refractivity contribution < 1.29 is 4.74 Å². The van der Waals surface area contributed by atoms with Crippen LogP contribution in [-0.2, 0) is 6.42 Å². The third-order valence-electron chi connectivity index (χ3n) is 3.57. The number of halogens is 2. The van der Waals surface area contributed by atoms with Gasteiger partial charge in [0.2, 0.25) is 0 Å². The van der Waals surface area contributed by atoms with E-state index in [4.69, 9.17) is 4.74 Å². The first kappa shape index (κ1) is 14.7. The predicted octanol–water partition coefficient (Wildman–Crippen LogP) is 5.61. The van der Waals surface area contributed by atoms with Gasteiger partial charge in [-0.2, -0.15) is 0 Å². The number of ether oxygens (including phenoxy) is 1. The number of rotatable bonds is 3. The molecular weight excluding hydrogens is 449 g/mol. The highest BCUT2D eigenvalue weighted by Gasteiger charge is 2.23. The van der Waals surface area contributed by atoms with Crippen molar-refractivity contribution in [1.29, 1.82) is 0 Å². The molecule has 0 spiro atoms. The maximum atomic E-state index is 5.45. The van der Waals surface area contributed by atoms with Crippen LogP contribution in [0.4, 0.5) is 5.69 Å². The fourth-order valence-electron chi connectivity index (χ4n) is 2.65. The number of methoxy groups -OCH3 is 1. The molecule has 1 aromatic carbocycles. The van der Waals surface area contributed by atoms with Gasteiger partial charge in [-0.15, -0.1) is 11.3 Å². The van der Waals surface area contributed by atoms with Gasteiger partial charge in [-0.05, 0) is 71.7 Å². The molecule has 1 N–H and O–H groups in total. The monoisotopic (exact) mass is 463 g/mol. The Balaban J connectivity index is 1.90. The van der Waals surface area contributed by atoms with Crippen LogP contribution in [0.3, 0.4) is 0 Å². The van der Waals surface area contributed by atoms with E-state index >= 15 is 0 Å². The summed E-state index contributed by atoms with van der Waals surface area (Å²) >= 11 is 7.87. The van der Waals surface area contributed by atoms with Gasteiger partial charge in [-0.1, -0.05) is 15.9 Å². The van der Waals surface area contributed by atoms with E-state index < -0.39 is 0 Å². The topological polar surface area (TPSA) is 21.3 Å². The van der Waals surface area contributed by atoms with Crippen LogP contribution in [0.5, 0.6) is 5.75 Å². The lowest BCUT2D eigenvalue weighted by Gasteiger charge is -2.25. The number of anilines is 1. The zero-order valence-corrected chi connectivity index (χ0v) is 15.6. The largest absolute Gasteiger partial charge is 0.495 e. The summed E-state index contributed by atoms with van der Waals surface area (Å²) in [6.07, 6.45) is 3.64. The van der Waals surface area contributed by atoms with E-state index in [-0.39, 0.29) is 0 Å². The molecule has 1 aliphatic carbocycles. The van der Waals surface area contributed by atoms with Crippen LogP contribution in [0.2, 0.25) is 0 Å². The molecule has 1 unspecified atom stereocenters. The Labute approximate surface area is 145 Å². The summed E-state index contributed by atoms with van der Waals surface area (Å²) in [5.41, 5.74) is 2.52. The normalized spacial score (nSPS) is 17.6. The summed E-state index contributed by atoms with van der Waals surface area (Å²) in [6, 6.07) is 8.80. The zero-order valence-electron chi connectivity index (χ0n) is 11.1. The molecule has 1 atom stereocenters. The summed E-state index contributed by atoms with van der Waals surface area (Å²) in [5, 5.41) is 3.66. The van der Waals surface area contributed by atoms with Crippen LogP contribution < -0.4 is 10.1 Å². The summed E-state index contributed by atoms with van der Waals surface area (Å²) in [6.45, 7) is 0. The van der Waals surface area contributed by atoms with Crippen LogP contribution in [0.15, 0.2) is 28.7 Å². The Hall–Kier alpha value is -0.270. The minimum absolute atomic E-state index is 0.390. The average molecular weight is 464 g/mol. The average Bonchev–Trinajstić information content (AvgIpc) is 2.80. The van der Waals surface area contributed by atoms with Gasteiger partial charge in [-0.25, -0.2) is 0 Å². The highest BCUT2D eigenvalue weighted by atomic mass is 127. The van der Waals surface area contributed by atoms with Crippen molar-refractivity contribution in [2.45, 2.75) is 25.3 Å². The number of hydrogen-bond acceptors (Lipinski definition) is 3. The SMILES string of the molecule is COc1ccc(Br)cc1NC1CCCc2sc(I)cc21. The standard InChI is InChI=1S/C15H15BrINOS/c1-19-13-6-5-9(16)7-12(13)18-11-3-2-4-14-10(11)8-15(17)20-14/h5-8,11,18H,2-4H2,1H3. The quantitative estimate of drug-likeness (QED) is 0.597. The lowest BCUT2D eigenvalue weighted by atomic mass is 9.94. The first-order chi connectivity index (χ1) is 9.67. The molecule has 2 aromatic rings. The van der Waals surface area contributed by atoms with Crippen molar-refractivity contribution in [3.05, 3.63) is 42.1 Å². The Morgan fingerprint density at radius 2 is 2.25 bits per heavy atom. The van der Waals surface area contributed by atoms with Gasteiger partial charge in [0.05, 0.1) is 21.7 Å². The van der Waals surface area contributed by atoms with E-state index in [9.17, 15) is 0 Å². The molecule has 0 amide bonds.